The van der Waals surface area contributed by atoms with E-state index in [1.807, 2.05) is 19.1 Å². The predicted molar refractivity (Wildman–Crippen MR) is 63.4 cm³/mol. The normalized spacial score (nSPS) is 13.6. The van der Waals surface area contributed by atoms with Gasteiger partial charge in [-0.1, -0.05) is 0 Å². The number of hydrogen-bond donors (Lipinski definition) is 1. The summed E-state index contributed by atoms with van der Waals surface area (Å²) in [5.41, 5.74) is 1.38. The summed E-state index contributed by atoms with van der Waals surface area (Å²) in [5, 5.41) is 2.63. The van der Waals surface area contributed by atoms with Crippen molar-refractivity contribution in [1.29, 1.82) is 0 Å². The zero-order valence-electron chi connectivity index (χ0n) is 9.08. The molecule has 2 aromatic heterocycles. The average Bonchev–Trinajstić information content (AvgIpc) is 2.88. The lowest BCUT2D eigenvalue weighted by molar-refractivity contribution is 0.0966. The fraction of sp³-hybridized carbons (Fsp3) is 0.167. The SMILES string of the molecule is Cc1ccc(-c2ncc(F)c3c2C(=O)NC3)s1. The number of thiophene rings is 1. The van der Waals surface area contributed by atoms with Crippen LogP contribution in [0.4, 0.5) is 4.39 Å². The Kier molecular flexibility index (Phi) is 2.22. The molecule has 0 spiro atoms. The van der Waals surface area contributed by atoms with Crippen molar-refractivity contribution < 1.29 is 9.18 Å². The summed E-state index contributed by atoms with van der Waals surface area (Å²) in [6.45, 7) is 2.23. The molecule has 0 fully saturated rings. The summed E-state index contributed by atoms with van der Waals surface area (Å²) in [7, 11) is 0. The molecule has 0 radical (unpaired) electrons. The van der Waals surface area contributed by atoms with Gasteiger partial charge in [0.2, 0.25) is 0 Å². The first-order valence-electron chi connectivity index (χ1n) is 5.19. The second kappa shape index (κ2) is 3.63. The number of carbonyl (C=O) groups is 1. The predicted octanol–water partition coefficient (Wildman–Crippen LogP) is 2.50. The fourth-order valence-corrected chi connectivity index (χ4v) is 2.82. The van der Waals surface area contributed by atoms with Gasteiger partial charge < -0.3 is 5.32 Å². The van der Waals surface area contributed by atoms with E-state index >= 15 is 0 Å². The highest BCUT2D eigenvalue weighted by Crippen LogP contribution is 2.32. The number of rotatable bonds is 1. The summed E-state index contributed by atoms with van der Waals surface area (Å²) in [5.74, 6) is -0.663. The van der Waals surface area contributed by atoms with E-state index in [4.69, 9.17) is 0 Å². The third kappa shape index (κ3) is 1.54. The molecule has 1 amide bonds. The second-order valence-corrected chi connectivity index (χ2v) is 5.19. The van der Waals surface area contributed by atoms with Gasteiger partial charge >= 0.3 is 0 Å². The number of carbonyl (C=O) groups excluding carboxylic acids is 1. The van der Waals surface area contributed by atoms with Crippen molar-refractivity contribution in [1.82, 2.24) is 10.3 Å². The van der Waals surface area contributed by atoms with Crippen LogP contribution in [0.15, 0.2) is 18.3 Å². The third-order valence-electron chi connectivity index (χ3n) is 2.76. The fourth-order valence-electron chi connectivity index (χ4n) is 1.95. The molecule has 0 unspecified atom stereocenters. The molecule has 1 aliphatic rings. The molecule has 86 valence electrons. The maximum absolute atomic E-state index is 13.5. The van der Waals surface area contributed by atoms with Gasteiger partial charge in [-0.2, -0.15) is 0 Å². The molecule has 5 heteroatoms. The number of amides is 1. The average molecular weight is 248 g/mol. The summed E-state index contributed by atoms with van der Waals surface area (Å²) >= 11 is 1.55. The van der Waals surface area contributed by atoms with E-state index in [0.717, 1.165) is 9.75 Å². The molecule has 3 nitrogen and oxygen atoms in total. The van der Waals surface area contributed by atoms with Gasteiger partial charge in [0.05, 0.1) is 22.3 Å². The number of halogens is 1. The molecule has 2 aromatic rings. The molecule has 0 aliphatic carbocycles. The first-order chi connectivity index (χ1) is 8.16. The van der Waals surface area contributed by atoms with Crippen molar-refractivity contribution in [3.05, 3.63) is 40.2 Å². The summed E-state index contributed by atoms with van der Waals surface area (Å²) < 4.78 is 13.5. The number of nitrogens with zero attached hydrogens (tertiary/aromatic N) is 1. The standard InChI is InChI=1S/C12H9FN2OS/c1-6-2-3-9(17-6)11-10-7(4-15-12(10)16)8(13)5-14-11/h2-3,5H,4H2,1H3,(H,15,16). The summed E-state index contributed by atoms with van der Waals surface area (Å²) in [4.78, 5) is 17.8. The van der Waals surface area contributed by atoms with Crippen LogP contribution in [0.1, 0.15) is 20.8 Å². The van der Waals surface area contributed by atoms with Crippen LogP contribution in [0.3, 0.4) is 0 Å². The highest BCUT2D eigenvalue weighted by molar-refractivity contribution is 7.15. The molecule has 17 heavy (non-hydrogen) atoms. The van der Waals surface area contributed by atoms with Crippen LogP contribution in [0.2, 0.25) is 0 Å². The Balaban J connectivity index is 2.25. The Labute approximate surface area is 101 Å². The van der Waals surface area contributed by atoms with Crippen molar-refractivity contribution >= 4 is 17.2 Å². The maximum Gasteiger partial charge on any atom is 0.254 e. The van der Waals surface area contributed by atoms with Crippen molar-refractivity contribution in [3.63, 3.8) is 0 Å². The Morgan fingerprint density at radius 2 is 2.29 bits per heavy atom. The first kappa shape index (κ1) is 10.4. The van der Waals surface area contributed by atoms with Crippen LogP contribution in [0.5, 0.6) is 0 Å². The zero-order chi connectivity index (χ0) is 12.0. The Morgan fingerprint density at radius 1 is 1.47 bits per heavy atom. The van der Waals surface area contributed by atoms with Crippen LogP contribution in [-0.4, -0.2) is 10.9 Å². The van der Waals surface area contributed by atoms with E-state index in [1.165, 1.54) is 6.20 Å². The largest absolute Gasteiger partial charge is 0.348 e. The zero-order valence-corrected chi connectivity index (χ0v) is 9.90. The van der Waals surface area contributed by atoms with Gasteiger partial charge in [0.1, 0.15) is 5.82 Å². The van der Waals surface area contributed by atoms with E-state index in [1.54, 1.807) is 11.3 Å². The molecule has 0 atom stereocenters. The van der Waals surface area contributed by atoms with E-state index in [0.29, 0.717) is 16.8 Å². The number of hydrogen-bond acceptors (Lipinski definition) is 3. The van der Waals surface area contributed by atoms with Crippen molar-refractivity contribution in [3.8, 4) is 10.6 Å². The van der Waals surface area contributed by atoms with Gasteiger partial charge in [0, 0.05) is 17.0 Å². The molecule has 0 saturated carbocycles. The lowest BCUT2D eigenvalue weighted by Gasteiger charge is -2.03. The highest BCUT2D eigenvalue weighted by atomic mass is 32.1. The molecular weight excluding hydrogens is 239 g/mol. The maximum atomic E-state index is 13.5. The lowest BCUT2D eigenvalue weighted by Crippen LogP contribution is -2.13. The molecular formula is C12H9FN2OS. The summed E-state index contributed by atoms with van der Waals surface area (Å²) in [6.07, 6.45) is 1.18. The number of fused-ring (bicyclic) bond motifs is 1. The quantitative estimate of drug-likeness (QED) is 0.842. The Morgan fingerprint density at radius 3 is 3.00 bits per heavy atom. The molecule has 0 saturated heterocycles. The number of aryl methyl sites for hydroxylation is 1. The first-order valence-corrected chi connectivity index (χ1v) is 6.01. The molecule has 1 N–H and O–H groups in total. The van der Waals surface area contributed by atoms with Gasteiger partial charge in [-0.25, -0.2) is 4.39 Å². The van der Waals surface area contributed by atoms with Crippen LogP contribution in [0, 0.1) is 12.7 Å². The topological polar surface area (TPSA) is 42.0 Å². The number of nitrogens with one attached hydrogen (secondary N) is 1. The van der Waals surface area contributed by atoms with E-state index in [2.05, 4.69) is 10.3 Å². The van der Waals surface area contributed by atoms with Gasteiger partial charge in [-0.05, 0) is 19.1 Å². The molecule has 3 heterocycles. The van der Waals surface area contributed by atoms with Crippen molar-refractivity contribution in [2.45, 2.75) is 13.5 Å². The van der Waals surface area contributed by atoms with Gasteiger partial charge in [-0.15, -0.1) is 11.3 Å². The minimum absolute atomic E-state index is 0.243. The summed E-state index contributed by atoms with van der Waals surface area (Å²) in [6, 6.07) is 3.87. The van der Waals surface area contributed by atoms with Crippen LogP contribution in [0.25, 0.3) is 10.6 Å². The van der Waals surface area contributed by atoms with Crippen LogP contribution in [-0.2, 0) is 6.54 Å². The van der Waals surface area contributed by atoms with E-state index < -0.39 is 5.82 Å². The van der Waals surface area contributed by atoms with Crippen molar-refractivity contribution in [2.24, 2.45) is 0 Å². The van der Waals surface area contributed by atoms with E-state index in [9.17, 15) is 9.18 Å². The minimum Gasteiger partial charge on any atom is -0.348 e. The lowest BCUT2D eigenvalue weighted by atomic mass is 10.1. The molecule has 3 rings (SSSR count). The number of aromatic nitrogens is 1. The van der Waals surface area contributed by atoms with Gasteiger partial charge in [-0.3, -0.25) is 9.78 Å². The Hall–Kier alpha value is -1.75. The Bertz CT molecular complexity index is 621. The highest BCUT2D eigenvalue weighted by Gasteiger charge is 2.27. The van der Waals surface area contributed by atoms with Gasteiger partial charge in [0.15, 0.2) is 0 Å². The monoisotopic (exact) mass is 248 g/mol. The molecule has 1 aliphatic heterocycles. The smallest absolute Gasteiger partial charge is 0.254 e. The van der Waals surface area contributed by atoms with Crippen molar-refractivity contribution in [2.75, 3.05) is 0 Å². The minimum atomic E-state index is -0.421. The van der Waals surface area contributed by atoms with Crippen LogP contribution < -0.4 is 5.32 Å². The molecule has 0 aromatic carbocycles. The molecule has 0 bridgehead atoms. The number of pyridine rings is 1. The van der Waals surface area contributed by atoms with Crippen LogP contribution >= 0.6 is 11.3 Å². The van der Waals surface area contributed by atoms with E-state index in [-0.39, 0.29) is 12.5 Å². The van der Waals surface area contributed by atoms with Gasteiger partial charge in [0.25, 0.3) is 5.91 Å². The third-order valence-corrected chi connectivity index (χ3v) is 3.77. The second-order valence-electron chi connectivity index (χ2n) is 3.90.